The predicted octanol–water partition coefficient (Wildman–Crippen LogP) is 1.59. The van der Waals surface area contributed by atoms with Crippen LogP contribution in [-0.4, -0.2) is 55.6 Å². The average Bonchev–Trinajstić information content (AvgIpc) is 2.68. The van der Waals surface area contributed by atoms with Gasteiger partial charge in [-0.25, -0.2) is 4.79 Å². The zero-order valence-corrected chi connectivity index (χ0v) is 10.6. The average molecular weight is 318 g/mol. The second-order valence-electron chi connectivity index (χ2n) is 4.87. The molecule has 1 unspecified atom stereocenters. The number of hydrogen-bond acceptors (Lipinski definition) is 4. The van der Waals surface area contributed by atoms with E-state index in [9.17, 15) is 31.1 Å². The Morgan fingerprint density at radius 2 is 1.95 bits per heavy atom. The molecule has 10 heteroatoms. The molecule has 0 aromatic rings. The Balaban J connectivity index is 1.98. The lowest BCUT2D eigenvalue weighted by atomic mass is 10.0. The third-order valence-corrected chi connectivity index (χ3v) is 3.24. The van der Waals surface area contributed by atoms with Crippen LogP contribution in [0.15, 0.2) is 11.1 Å². The normalized spacial score (nSPS) is 24.2. The Morgan fingerprint density at radius 1 is 1.29 bits per heavy atom. The first kappa shape index (κ1) is 16.1. The molecule has 0 saturated carbocycles. The molecule has 0 aliphatic carbocycles. The lowest BCUT2D eigenvalue weighted by Crippen LogP contribution is -2.40. The van der Waals surface area contributed by atoms with E-state index < -0.39 is 31.1 Å². The van der Waals surface area contributed by atoms with Crippen molar-refractivity contribution in [2.45, 2.75) is 25.0 Å². The van der Waals surface area contributed by atoms with E-state index in [0.29, 0.717) is 11.1 Å². The van der Waals surface area contributed by atoms with Crippen LogP contribution in [0, 0.1) is 0 Å². The number of esters is 1. The standard InChI is InChI=1S/C11H12F6N2O2/c12-10(13,14)5-19-2-1-7-6(4-19)3-18-8(7)21-9(20)11(15,16)17/h8,18H,1-5H2. The summed E-state index contributed by atoms with van der Waals surface area (Å²) in [6, 6.07) is 0. The molecule has 1 N–H and O–H groups in total. The largest absolute Gasteiger partial charge is 0.490 e. The maximum atomic E-state index is 12.3. The van der Waals surface area contributed by atoms with Crippen LogP contribution in [0.5, 0.6) is 0 Å². The molecular weight excluding hydrogens is 306 g/mol. The fraction of sp³-hybridized carbons (Fsp3) is 0.727. The highest BCUT2D eigenvalue weighted by molar-refractivity contribution is 5.76. The molecule has 2 aliphatic heterocycles. The quantitative estimate of drug-likeness (QED) is 0.477. The van der Waals surface area contributed by atoms with Crippen molar-refractivity contribution in [1.82, 2.24) is 10.2 Å². The van der Waals surface area contributed by atoms with Gasteiger partial charge in [0.05, 0.1) is 6.54 Å². The van der Waals surface area contributed by atoms with E-state index in [2.05, 4.69) is 10.1 Å². The van der Waals surface area contributed by atoms with Crippen molar-refractivity contribution in [3.63, 3.8) is 0 Å². The Hall–Kier alpha value is -1.29. The minimum Gasteiger partial charge on any atom is -0.436 e. The van der Waals surface area contributed by atoms with E-state index in [-0.39, 0.29) is 26.1 Å². The number of nitrogens with zero attached hydrogens (tertiary/aromatic N) is 1. The second-order valence-corrected chi connectivity index (χ2v) is 4.87. The van der Waals surface area contributed by atoms with Crippen molar-refractivity contribution in [2.75, 3.05) is 26.2 Å². The molecule has 0 fully saturated rings. The van der Waals surface area contributed by atoms with Gasteiger partial charge in [0.1, 0.15) is 0 Å². The monoisotopic (exact) mass is 318 g/mol. The Kier molecular flexibility index (Phi) is 4.20. The second kappa shape index (κ2) is 5.48. The summed E-state index contributed by atoms with van der Waals surface area (Å²) in [4.78, 5) is 11.9. The first-order valence-electron chi connectivity index (χ1n) is 6.07. The Labute approximate surface area is 115 Å². The van der Waals surface area contributed by atoms with Gasteiger partial charge in [-0.3, -0.25) is 10.2 Å². The van der Waals surface area contributed by atoms with Gasteiger partial charge >= 0.3 is 18.3 Å². The van der Waals surface area contributed by atoms with Crippen molar-refractivity contribution in [2.24, 2.45) is 0 Å². The van der Waals surface area contributed by atoms with E-state index in [1.807, 2.05) is 0 Å². The molecule has 0 amide bonds. The fourth-order valence-electron chi connectivity index (χ4n) is 2.41. The minimum atomic E-state index is -5.10. The molecule has 2 heterocycles. The van der Waals surface area contributed by atoms with Crippen LogP contribution >= 0.6 is 0 Å². The van der Waals surface area contributed by atoms with Crippen molar-refractivity contribution < 1.29 is 35.9 Å². The van der Waals surface area contributed by atoms with Crippen LogP contribution in [0.3, 0.4) is 0 Å². The molecule has 0 saturated heterocycles. The molecule has 1 atom stereocenters. The number of carbonyl (C=O) groups excluding carboxylic acids is 1. The van der Waals surface area contributed by atoms with E-state index in [4.69, 9.17) is 0 Å². The summed E-state index contributed by atoms with van der Waals surface area (Å²) in [5.41, 5.74) is 0.983. The summed E-state index contributed by atoms with van der Waals surface area (Å²) < 4.78 is 77.6. The van der Waals surface area contributed by atoms with Gasteiger partial charge in [-0.1, -0.05) is 0 Å². The van der Waals surface area contributed by atoms with Crippen LogP contribution in [0.4, 0.5) is 26.3 Å². The number of halogens is 6. The minimum absolute atomic E-state index is 0.00190. The van der Waals surface area contributed by atoms with Gasteiger partial charge in [-0.15, -0.1) is 0 Å². The summed E-state index contributed by atoms with van der Waals surface area (Å²) >= 11 is 0. The first-order valence-corrected chi connectivity index (χ1v) is 6.07. The molecule has 4 nitrogen and oxygen atoms in total. The highest BCUT2D eigenvalue weighted by atomic mass is 19.4. The SMILES string of the molecule is O=C(OC1NCC2=C1CCN(CC(F)(F)F)C2)C(F)(F)F. The smallest absolute Gasteiger partial charge is 0.436 e. The molecular formula is C11H12F6N2O2. The number of carbonyl (C=O) groups is 1. The highest BCUT2D eigenvalue weighted by Crippen LogP contribution is 2.29. The number of alkyl halides is 6. The lowest BCUT2D eigenvalue weighted by molar-refractivity contribution is -0.204. The molecule has 0 bridgehead atoms. The molecule has 0 aromatic heterocycles. The van der Waals surface area contributed by atoms with Gasteiger partial charge in [-0.05, 0) is 17.6 Å². The van der Waals surface area contributed by atoms with Crippen molar-refractivity contribution in [3.05, 3.63) is 11.1 Å². The van der Waals surface area contributed by atoms with Crippen LogP contribution < -0.4 is 5.32 Å². The maximum absolute atomic E-state index is 12.3. The van der Waals surface area contributed by atoms with Crippen LogP contribution in [0.1, 0.15) is 6.42 Å². The zero-order chi connectivity index (χ0) is 15.8. The number of ether oxygens (including phenoxy) is 1. The van der Waals surface area contributed by atoms with Gasteiger partial charge < -0.3 is 4.74 Å². The molecule has 0 spiro atoms. The molecule has 0 aromatic carbocycles. The van der Waals surface area contributed by atoms with E-state index in [1.165, 1.54) is 0 Å². The van der Waals surface area contributed by atoms with Crippen molar-refractivity contribution in [1.29, 1.82) is 0 Å². The molecule has 21 heavy (non-hydrogen) atoms. The summed E-state index contributed by atoms with van der Waals surface area (Å²) in [5, 5.41) is 2.56. The van der Waals surface area contributed by atoms with Crippen LogP contribution in [0.25, 0.3) is 0 Å². The first-order chi connectivity index (χ1) is 9.56. The van der Waals surface area contributed by atoms with Gasteiger partial charge in [-0.2, -0.15) is 26.3 Å². The van der Waals surface area contributed by atoms with Crippen molar-refractivity contribution in [3.8, 4) is 0 Å². The number of hydrogen-bond donors (Lipinski definition) is 1. The van der Waals surface area contributed by atoms with Gasteiger partial charge in [0, 0.05) is 19.6 Å². The summed E-state index contributed by atoms with van der Waals surface area (Å²) in [6.07, 6.45) is -10.5. The van der Waals surface area contributed by atoms with Crippen LogP contribution in [0.2, 0.25) is 0 Å². The van der Waals surface area contributed by atoms with Gasteiger partial charge in [0.25, 0.3) is 0 Å². The lowest BCUT2D eigenvalue weighted by Gasteiger charge is -2.29. The zero-order valence-electron chi connectivity index (χ0n) is 10.6. The van der Waals surface area contributed by atoms with Crippen LogP contribution in [-0.2, 0) is 9.53 Å². The number of rotatable bonds is 2. The maximum Gasteiger partial charge on any atom is 0.490 e. The topological polar surface area (TPSA) is 41.6 Å². The molecule has 2 aliphatic rings. The molecule has 0 radical (unpaired) electrons. The Bertz CT molecular complexity index is 457. The predicted molar refractivity (Wildman–Crippen MR) is 58.1 cm³/mol. The van der Waals surface area contributed by atoms with E-state index in [0.717, 1.165) is 4.90 Å². The van der Waals surface area contributed by atoms with E-state index in [1.54, 1.807) is 0 Å². The molecule has 2 rings (SSSR count). The van der Waals surface area contributed by atoms with Gasteiger partial charge in [0.15, 0.2) is 6.23 Å². The Morgan fingerprint density at radius 3 is 2.52 bits per heavy atom. The van der Waals surface area contributed by atoms with E-state index >= 15 is 0 Å². The fourth-order valence-corrected chi connectivity index (χ4v) is 2.41. The third kappa shape index (κ3) is 4.10. The third-order valence-electron chi connectivity index (χ3n) is 3.24. The van der Waals surface area contributed by atoms with Crippen molar-refractivity contribution >= 4 is 5.97 Å². The van der Waals surface area contributed by atoms with Gasteiger partial charge in [0.2, 0.25) is 0 Å². The molecule has 120 valence electrons. The highest BCUT2D eigenvalue weighted by Gasteiger charge is 2.44. The summed E-state index contributed by atoms with van der Waals surface area (Å²) in [7, 11) is 0. The summed E-state index contributed by atoms with van der Waals surface area (Å²) in [6.45, 7) is -0.904. The summed E-state index contributed by atoms with van der Waals surface area (Å²) in [5.74, 6) is -2.31. The number of nitrogens with one attached hydrogen (secondary N) is 1.